The van der Waals surface area contributed by atoms with E-state index in [0.29, 0.717) is 12.8 Å². The van der Waals surface area contributed by atoms with Crippen LogP contribution in [0.2, 0.25) is 0 Å². The second kappa shape index (κ2) is 10.3. The van der Waals surface area contributed by atoms with E-state index < -0.39 is 16.8 Å². The number of aliphatic carboxylic acids is 1. The highest BCUT2D eigenvalue weighted by atomic mass is 16.4. The minimum absolute atomic E-state index is 0.0255. The Bertz CT molecular complexity index is 326. The zero-order valence-electron chi connectivity index (χ0n) is 15.2. The molecule has 0 rings (SSSR count). The van der Waals surface area contributed by atoms with Crippen molar-refractivity contribution in [1.82, 2.24) is 0 Å². The Balaban J connectivity index is 4.84. The number of rotatable bonds is 13. The normalized spacial score (nSPS) is 15.4. The number of carbonyl (C=O) groups is 1. The van der Waals surface area contributed by atoms with Gasteiger partial charge in [0.15, 0.2) is 0 Å². The summed E-state index contributed by atoms with van der Waals surface area (Å²) in [5, 5.41) is 38.1. The highest BCUT2D eigenvalue weighted by molar-refractivity contribution is 5.74. The Kier molecular flexibility index (Phi) is 9.97. The van der Waals surface area contributed by atoms with Gasteiger partial charge in [-0.1, -0.05) is 40.5 Å². The topological polar surface area (TPSA) is 98.0 Å². The first-order chi connectivity index (χ1) is 10.8. The smallest absolute Gasteiger partial charge is 0.309 e. The average Bonchev–Trinajstić information content (AvgIpc) is 2.56. The van der Waals surface area contributed by atoms with Crippen molar-refractivity contribution in [2.75, 3.05) is 19.8 Å². The molecule has 2 atom stereocenters. The van der Waals surface area contributed by atoms with E-state index in [0.717, 1.165) is 25.7 Å². The molecule has 0 aliphatic rings. The van der Waals surface area contributed by atoms with Crippen LogP contribution in [0.3, 0.4) is 0 Å². The number of aliphatic hydroxyl groups is 3. The Morgan fingerprint density at radius 2 is 1.43 bits per heavy atom. The van der Waals surface area contributed by atoms with Gasteiger partial charge in [0.25, 0.3) is 0 Å². The SMILES string of the molecule is CCC(CCCC(C)C(CO)(CO)CO)C(CC)(CC)C(=O)O. The number of hydrogen-bond acceptors (Lipinski definition) is 4. The van der Waals surface area contributed by atoms with Gasteiger partial charge in [0.1, 0.15) is 0 Å². The highest BCUT2D eigenvalue weighted by Crippen LogP contribution is 2.41. The molecule has 2 unspecified atom stereocenters. The molecule has 0 aliphatic carbocycles. The first-order valence-corrected chi connectivity index (χ1v) is 8.89. The molecule has 0 fully saturated rings. The van der Waals surface area contributed by atoms with Gasteiger partial charge >= 0.3 is 5.97 Å². The second-order valence-electron chi connectivity index (χ2n) is 6.94. The van der Waals surface area contributed by atoms with Crippen molar-refractivity contribution < 1.29 is 25.2 Å². The molecule has 0 aromatic rings. The van der Waals surface area contributed by atoms with Gasteiger partial charge in [-0.2, -0.15) is 0 Å². The predicted octanol–water partition coefficient (Wildman–Crippen LogP) is 2.67. The molecule has 4 N–H and O–H groups in total. The van der Waals surface area contributed by atoms with Gasteiger partial charge in [0.2, 0.25) is 0 Å². The number of carboxylic acids is 1. The summed E-state index contributed by atoms with van der Waals surface area (Å²) in [6, 6.07) is 0. The lowest BCUT2D eigenvalue weighted by Gasteiger charge is -2.37. The summed E-state index contributed by atoms with van der Waals surface area (Å²) in [4.78, 5) is 11.8. The van der Waals surface area contributed by atoms with Crippen molar-refractivity contribution in [2.24, 2.45) is 22.7 Å². The number of carboxylic acid groups (broad SMARTS) is 1. The monoisotopic (exact) mass is 332 g/mol. The fourth-order valence-electron chi connectivity index (χ4n) is 3.77. The van der Waals surface area contributed by atoms with Gasteiger partial charge in [0, 0.05) is 5.41 Å². The summed E-state index contributed by atoms with van der Waals surface area (Å²) in [7, 11) is 0. The molecule has 0 aromatic heterocycles. The molecule has 0 spiro atoms. The molecular weight excluding hydrogens is 296 g/mol. The first kappa shape index (κ1) is 22.4. The third-order valence-electron chi connectivity index (χ3n) is 6.14. The molecule has 138 valence electrons. The van der Waals surface area contributed by atoms with Crippen LogP contribution in [0.25, 0.3) is 0 Å². The zero-order valence-corrected chi connectivity index (χ0v) is 15.2. The lowest BCUT2D eigenvalue weighted by atomic mass is 9.67. The van der Waals surface area contributed by atoms with Crippen molar-refractivity contribution in [3.8, 4) is 0 Å². The maximum absolute atomic E-state index is 11.8. The van der Waals surface area contributed by atoms with Crippen LogP contribution in [-0.4, -0.2) is 46.2 Å². The lowest BCUT2D eigenvalue weighted by Crippen LogP contribution is -2.40. The van der Waals surface area contributed by atoms with Gasteiger partial charge in [-0.3, -0.25) is 4.79 Å². The van der Waals surface area contributed by atoms with E-state index in [9.17, 15) is 25.2 Å². The van der Waals surface area contributed by atoms with Gasteiger partial charge < -0.3 is 20.4 Å². The minimum Gasteiger partial charge on any atom is -0.481 e. The Morgan fingerprint density at radius 3 is 1.74 bits per heavy atom. The molecule has 0 bridgehead atoms. The van der Waals surface area contributed by atoms with E-state index in [-0.39, 0.29) is 31.7 Å². The Labute approximate surface area is 140 Å². The van der Waals surface area contributed by atoms with Crippen molar-refractivity contribution in [1.29, 1.82) is 0 Å². The summed E-state index contributed by atoms with van der Waals surface area (Å²) in [5.74, 6) is -0.616. The molecule has 0 heterocycles. The molecule has 0 saturated heterocycles. The lowest BCUT2D eigenvalue weighted by molar-refractivity contribution is -0.154. The van der Waals surface area contributed by atoms with E-state index in [2.05, 4.69) is 0 Å². The molecule has 5 nitrogen and oxygen atoms in total. The fourth-order valence-corrected chi connectivity index (χ4v) is 3.77. The molecule has 0 aliphatic heterocycles. The standard InChI is InChI=1S/C18H36O5/c1-5-15(18(6-2,7-3)16(22)23)10-8-9-14(4)17(11-19,12-20)13-21/h14-15,19-21H,5-13H2,1-4H3,(H,22,23). The summed E-state index contributed by atoms with van der Waals surface area (Å²) in [6.07, 6.45) is 4.47. The molecular formula is C18H36O5. The molecule has 0 aromatic carbocycles. The van der Waals surface area contributed by atoms with Crippen LogP contribution in [0.15, 0.2) is 0 Å². The van der Waals surface area contributed by atoms with Crippen molar-refractivity contribution in [3.63, 3.8) is 0 Å². The number of aliphatic hydroxyl groups excluding tert-OH is 3. The Hall–Kier alpha value is -0.650. The maximum atomic E-state index is 11.8. The maximum Gasteiger partial charge on any atom is 0.309 e. The number of hydrogen-bond donors (Lipinski definition) is 4. The highest BCUT2D eigenvalue weighted by Gasteiger charge is 2.41. The fraction of sp³-hybridized carbons (Fsp3) is 0.944. The van der Waals surface area contributed by atoms with E-state index in [1.165, 1.54) is 0 Å². The van der Waals surface area contributed by atoms with Crippen molar-refractivity contribution in [3.05, 3.63) is 0 Å². The van der Waals surface area contributed by atoms with Gasteiger partial charge in [-0.05, 0) is 37.5 Å². The molecule has 5 heteroatoms. The quantitative estimate of drug-likeness (QED) is 0.416. The van der Waals surface area contributed by atoms with E-state index in [1.54, 1.807) is 0 Å². The summed E-state index contributed by atoms with van der Waals surface area (Å²) >= 11 is 0. The van der Waals surface area contributed by atoms with Crippen LogP contribution >= 0.6 is 0 Å². The largest absolute Gasteiger partial charge is 0.481 e. The average molecular weight is 332 g/mol. The van der Waals surface area contributed by atoms with E-state index >= 15 is 0 Å². The third kappa shape index (κ3) is 4.91. The van der Waals surface area contributed by atoms with E-state index in [1.807, 2.05) is 27.7 Å². The van der Waals surface area contributed by atoms with Gasteiger partial charge in [0.05, 0.1) is 25.2 Å². The second-order valence-corrected chi connectivity index (χ2v) is 6.94. The summed E-state index contributed by atoms with van der Waals surface area (Å²) < 4.78 is 0. The van der Waals surface area contributed by atoms with Crippen LogP contribution in [0.4, 0.5) is 0 Å². The zero-order chi connectivity index (χ0) is 18.1. The van der Waals surface area contributed by atoms with Crippen molar-refractivity contribution in [2.45, 2.75) is 66.2 Å². The third-order valence-corrected chi connectivity index (χ3v) is 6.14. The predicted molar refractivity (Wildman–Crippen MR) is 91.1 cm³/mol. The van der Waals surface area contributed by atoms with Crippen LogP contribution in [0.5, 0.6) is 0 Å². The van der Waals surface area contributed by atoms with Crippen LogP contribution in [-0.2, 0) is 4.79 Å². The van der Waals surface area contributed by atoms with Crippen molar-refractivity contribution >= 4 is 5.97 Å². The molecule has 23 heavy (non-hydrogen) atoms. The van der Waals surface area contributed by atoms with Gasteiger partial charge in [-0.25, -0.2) is 0 Å². The van der Waals surface area contributed by atoms with Crippen LogP contribution in [0, 0.1) is 22.7 Å². The van der Waals surface area contributed by atoms with Crippen LogP contribution in [0.1, 0.15) is 66.2 Å². The minimum atomic E-state index is -0.860. The Morgan fingerprint density at radius 1 is 0.957 bits per heavy atom. The van der Waals surface area contributed by atoms with Gasteiger partial charge in [-0.15, -0.1) is 0 Å². The first-order valence-electron chi connectivity index (χ1n) is 8.89. The van der Waals surface area contributed by atoms with Crippen LogP contribution < -0.4 is 0 Å². The molecule has 0 amide bonds. The molecule has 0 radical (unpaired) electrons. The summed E-state index contributed by atoms with van der Waals surface area (Å²) in [5.41, 5.74) is -1.53. The summed E-state index contributed by atoms with van der Waals surface area (Å²) in [6.45, 7) is 7.10. The van der Waals surface area contributed by atoms with E-state index in [4.69, 9.17) is 0 Å². The molecule has 0 saturated carbocycles.